The predicted octanol–water partition coefficient (Wildman–Crippen LogP) is 5.68. The summed E-state index contributed by atoms with van der Waals surface area (Å²) < 4.78 is 18.3. The average Bonchev–Trinajstić information content (AvgIpc) is 3.39. The van der Waals surface area contributed by atoms with Gasteiger partial charge in [-0.15, -0.1) is 0 Å². The largest absolute Gasteiger partial charge is 0.497 e. The van der Waals surface area contributed by atoms with Crippen molar-refractivity contribution >= 4 is 29.1 Å². The van der Waals surface area contributed by atoms with Gasteiger partial charge in [-0.3, -0.25) is 4.57 Å². The summed E-state index contributed by atoms with van der Waals surface area (Å²) in [6.07, 6.45) is 1.62. The lowest BCUT2D eigenvalue weighted by atomic mass is 10.0. The Kier molecular flexibility index (Phi) is 5.27. The number of anilines is 1. The topological polar surface area (TPSA) is 88.3 Å². The van der Waals surface area contributed by atoms with E-state index in [0.717, 1.165) is 34.0 Å². The van der Waals surface area contributed by atoms with Crippen LogP contribution in [0.4, 0.5) is 5.82 Å². The van der Waals surface area contributed by atoms with Gasteiger partial charge in [0.25, 0.3) is 0 Å². The third kappa shape index (κ3) is 3.70. The minimum Gasteiger partial charge on any atom is -0.497 e. The zero-order chi connectivity index (χ0) is 22.9. The van der Waals surface area contributed by atoms with Crippen LogP contribution >= 0.6 is 12.2 Å². The minimum atomic E-state index is 0.301. The number of nitrogen functional groups attached to an aromatic ring is 1. The molecule has 0 bridgehead atoms. The number of nitrogens with zero attached hydrogens (tertiary/aromatic N) is 3. The molecule has 0 fully saturated rings. The first-order chi connectivity index (χ1) is 16.1. The molecule has 3 heterocycles. The van der Waals surface area contributed by atoms with Crippen LogP contribution in [0, 0.1) is 4.77 Å². The van der Waals surface area contributed by atoms with Crippen LogP contribution < -0.4 is 15.2 Å². The molecule has 0 atom stereocenters. The Morgan fingerprint density at radius 3 is 2.18 bits per heavy atom. The van der Waals surface area contributed by atoms with E-state index in [0.29, 0.717) is 27.4 Å². The van der Waals surface area contributed by atoms with Gasteiger partial charge in [-0.05, 0) is 78.9 Å². The molecule has 0 saturated carbocycles. The normalized spacial score (nSPS) is 11.0. The zero-order valence-electron chi connectivity index (χ0n) is 18.0. The number of furan rings is 1. The molecule has 0 radical (unpaired) electrons. The lowest BCUT2D eigenvalue weighted by Gasteiger charge is -2.16. The van der Waals surface area contributed by atoms with Gasteiger partial charge in [0.2, 0.25) is 4.77 Å². The van der Waals surface area contributed by atoms with E-state index in [1.54, 1.807) is 25.0 Å². The second-order valence-electron chi connectivity index (χ2n) is 7.27. The molecule has 7 nitrogen and oxygen atoms in total. The molecule has 0 aliphatic heterocycles. The fraction of sp³-hybridized carbons (Fsp3) is 0.0800. The van der Waals surface area contributed by atoms with E-state index in [1.165, 1.54) is 0 Å². The molecule has 0 aliphatic rings. The van der Waals surface area contributed by atoms with Crippen molar-refractivity contribution in [1.82, 2.24) is 14.5 Å². The molecule has 33 heavy (non-hydrogen) atoms. The van der Waals surface area contributed by atoms with E-state index in [-0.39, 0.29) is 0 Å². The summed E-state index contributed by atoms with van der Waals surface area (Å²) in [5.41, 5.74) is 10.3. The molecule has 0 unspecified atom stereocenters. The highest BCUT2D eigenvalue weighted by atomic mass is 32.1. The first-order valence-corrected chi connectivity index (χ1v) is 10.6. The van der Waals surface area contributed by atoms with Gasteiger partial charge in [-0.25, -0.2) is 4.98 Å². The highest BCUT2D eigenvalue weighted by molar-refractivity contribution is 7.71. The highest BCUT2D eigenvalue weighted by Crippen LogP contribution is 2.36. The van der Waals surface area contributed by atoms with Crippen molar-refractivity contribution < 1.29 is 13.9 Å². The molecule has 5 aromatic rings. The molecule has 0 saturated heterocycles. The first-order valence-electron chi connectivity index (χ1n) is 10.1. The summed E-state index contributed by atoms with van der Waals surface area (Å²) in [6, 6.07) is 20.8. The van der Waals surface area contributed by atoms with Gasteiger partial charge in [0.15, 0.2) is 5.65 Å². The van der Waals surface area contributed by atoms with E-state index in [4.69, 9.17) is 36.8 Å². The molecular weight excluding hydrogens is 436 g/mol. The summed E-state index contributed by atoms with van der Waals surface area (Å²) in [6.45, 7) is 0. The molecule has 0 amide bonds. The molecule has 0 aliphatic carbocycles. The molecule has 164 valence electrons. The second-order valence-corrected chi connectivity index (χ2v) is 7.64. The van der Waals surface area contributed by atoms with Crippen LogP contribution in [-0.4, -0.2) is 28.8 Å². The zero-order valence-corrected chi connectivity index (χ0v) is 18.8. The summed E-state index contributed by atoms with van der Waals surface area (Å²) >= 11 is 5.61. The Balaban J connectivity index is 1.78. The van der Waals surface area contributed by atoms with Crippen LogP contribution in [0.15, 0.2) is 77.4 Å². The SMILES string of the molecule is COc1ccc(-c2cc(-c3ccco3)c3c(N)n(-c4ccc(OC)cc4)c(=S)nc3n2)cc1. The van der Waals surface area contributed by atoms with Crippen LogP contribution in [0.5, 0.6) is 11.5 Å². The second kappa shape index (κ2) is 8.40. The third-order valence-electron chi connectivity index (χ3n) is 5.39. The molecule has 5 rings (SSSR count). The Morgan fingerprint density at radius 2 is 1.58 bits per heavy atom. The van der Waals surface area contributed by atoms with Crippen molar-refractivity contribution in [3.8, 4) is 39.8 Å². The van der Waals surface area contributed by atoms with Crippen molar-refractivity contribution in [2.24, 2.45) is 0 Å². The van der Waals surface area contributed by atoms with Gasteiger partial charge < -0.3 is 19.6 Å². The molecule has 2 aromatic carbocycles. The van der Waals surface area contributed by atoms with Gasteiger partial charge in [-0.2, -0.15) is 4.98 Å². The van der Waals surface area contributed by atoms with Crippen molar-refractivity contribution in [2.45, 2.75) is 0 Å². The van der Waals surface area contributed by atoms with Crippen molar-refractivity contribution in [2.75, 3.05) is 20.0 Å². The fourth-order valence-corrected chi connectivity index (χ4v) is 4.03. The van der Waals surface area contributed by atoms with E-state index >= 15 is 0 Å². The summed E-state index contributed by atoms with van der Waals surface area (Å²) in [7, 11) is 3.25. The molecule has 3 aromatic heterocycles. The highest BCUT2D eigenvalue weighted by Gasteiger charge is 2.18. The van der Waals surface area contributed by atoms with Crippen LogP contribution in [0.25, 0.3) is 39.3 Å². The Bertz CT molecular complexity index is 1490. The maximum Gasteiger partial charge on any atom is 0.207 e. The third-order valence-corrected chi connectivity index (χ3v) is 5.67. The molecule has 0 spiro atoms. The number of benzene rings is 2. The number of pyridine rings is 1. The van der Waals surface area contributed by atoms with E-state index < -0.39 is 0 Å². The van der Waals surface area contributed by atoms with Gasteiger partial charge in [0.05, 0.1) is 37.3 Å². The molecule has 2 N–H and O–H groups in total. The number of ether oxygens (including phenoxy) is 2. The fourth-order valence-electron chi connectivity index (χ4n) is 3.74. The summed E-state index contributed by atoms with van der Waals surface area (Å²) in [5.74, 6) is 2.58. The molecule has 8 heteroatoms. The van der Waals surface area contributed by atoms with E-state index in [1.807, 2.05) is 66.7 Å². The minimum absolute atomic E-state index is 0.301. The number of rotatable bonds is 5. The number of fused-ring (bicyclic) bond motifs is 1. The van der Waals surface area contributed by atoms with E-state index in [9.17, 15) is 0 Å². The van der Waals surface area contributed by atoms with Crippen molar-refractivity contribution in [3.05, 3.63) is 77.8 Å². The Labute approximate surface area is 195 Å². The number of nitrogens with two attached hydrogens (primary N) is 1. The van der Waals surface area contributed by atoms with Crippen molar-refractivity contribution in [1.29, 1.82) is 0 Å². The van der Waals surface area contributed by atoms with E-state index in [2.05, 4.69) is 4.98 Å². The van der Waals surface area contributed by atoms with Crippen LogP contribution in [-0.2, 0) is 0 Å². The van der Waals surface area contributed by atoms with Gasteiger partial charge in [-0.1, -0.05) is 0 Å². The van der Waals surface area contributed by atoms with Crippen LogP contribution in [0.1, 0.15) is 0 Å². The van der Waals surface area contributed by atoms with Crippen LogP contribution in [0.3, 0.4) is 0 Å². The summed E-state index contributed by atoms with van der Waals surface area (Å²) in [4.78, 5) is 9.42. The number of hydrogen-bond acceptors (Lipinski definition) is 7. The number of hydrogen-bond donors (Lipinski definition) is 1. The van der Waals surface area contributed by atoms with Gasteiger partial charge in [0.1, 0.15) is 23.1 Å². The predicted molar refractivity (Wildman–Crippen MR) is 130 cm³/mol. The Hall–Kier alpha value is -4.17. The maximum absolute atomic E-state index is 6.68. The monoisotopic (exact) mass is 456 g/mol. The van der Waals surface area contributed by atoms with Gasteiger partial charge in [0, 0.05) is 11.1 Å². The lowest BCUT2D eigenvalue weighted by Crippen LogP contribution is -2.09. The standard InChI is InChI=1S/C25H20N4O3S/c1-30-17-9-5-15(6-10-17)20-14-19(21-4-3-13-32-21)22-23(26)29(25(33)28-24(22)27-20)16-7-11-18(31-2)12-8-16/h3-14H,26H2,1-2H3. The number of methoxy groups -OCH3 is 2. The maximum atomic E-state index is 6.68. The molecular formula is C25H20N4O3S. The summed E-state index contributed by atoms with van der Waals surface area (Å²) in [5, 5.41) is 0.659. The first kappa shape index (κ1) is 20.7. The average molecular weight is 457 g/mol. The Morgan fingerprint density at radius 1 is 0.909 bits per heavy atom. The van der Waals surface area contributed by atoms with Crippen LogP contribution in [0.2, 0.25) is 0 Å². The lowest BCUT2D eigenvalue weighted by molar-refractivity contribution is 0.414. The van der Waals surface area contributed by atoms with Crippen molar-refractivity contribution in [3.63, 3.8) is 0 Å². The van der Waals surface area contributed by atoms with Gasteiger partial charge >= 0.3 is 0 Å². The quantitative estimate of drug-likeness (QED) is 0.341. The smallest absolute Gasteiger partial charge is 0.207 e. The number of aromatic nitrogens is 3.